The highest BCUT2D eigenvalue weighted by atomic mass is 16.6. The minimum atomic E-state index is -0.707. The van der Waals surface area contributed by atoms with E-state index >= 15 is 0 Å². The largest absolute Gasteiger partial charge is 0.503 e. The molecule has 0 saturated heterocycles. The van der Waals surface area contributed by atoms with Crippen LogP contribution in [0.2, 0.25) is 0 Å². The molecule has 0 saturated carbocycles. The van der Waals surface area contributed by atoms with Crippen molar-refractivity contribution in [3.05, 3.63) is 51.3 Å². The summed E-state index contributed by atoms with van der Waals surface area (Å²) in [7, 11) is 0. The van der Waals surface area contributed by atoms with Crippen molar-refractivity contribution in [2.24, 2.45) is 5.92 Å². The summed E-state index contributed by atoms with van der Waals surface area (Å²) in [4.78, 5) is 37.1. The minimum absolute atomic E-state index is 0.0681. The molecule has 140 valence electrons. The molecule has 0 aromatic heterocycles. The molecule has 0 bridgehead atoms. The number of nitro benzene ring substituents is 1. The Hall–Kier alpha value is -2.70. The molecule has 0 fully saturated rings. The maximum atomic E-state index is 12.7. The van der Waals surface area contributed by atoms with Crippen LogP contribution in [-0.2, 0) is 9.59 Å². The molecule has 1 unspecified atom stereocenters. The summed E-state index contributed by atoms with van der Waals surface area (Å²) < 4.78 is 0. The van der Waals surface area contributed by atoms with Gasteiger partial charge in [0.15, 0.2) is 11.5 Å². The van der Waals surface area contributed by atoms with Gasteiger partial charge in [0.1, 0.15) is 0 Å². The van der Waals surface area contributed by atoms with Gasteiger partial charge in [-0.15, -0.1) is 0 Å². The van der Waals surface area contributed by atoms with Gasteiger partial charge < -0.3 is 10.0 Å². The van der Waals surface area contributed by atoms with Crippen LogP contribution in [0.3, 0.4) is 0 Å². The van der Waals surface area contributed by atoms with Crippen LogP contribution < -0.4 is 0 Å². The first-order valence-corrected chi connectivity index (χ1v) is 8.79. The average Bonchev–Trinajstić information content (AvgIpc) is 2.84. The van der Waals surface area contributed by atoms with Crippen LogP contribution in [0.4, 0.5) is 5.69 Å². The van der Waals surface area contributed by atoms with E-state index in [2.05, 4.69) is 0 Å². The van der Waals surface area contributed by atoms with E-state index in [1.54, 1.807) is 0 Å². The van der Waals surface area contributed by atoms with Crippen LogP contribution in [-0.4, -0.2) is 33.2 Å². The predicted octanol–water partition coefficient (Wildman–Crippen LogP) is 3.71. The standard InChI is InChI=1S/C19H24N2O5/c1-4-5-10-20-17(13-6-8-14(9-7-13)21(25)26)16(18(23)19(20)24)15(22)11-12(2)3/h6-9,12,17,23H,4-5,10-11H2,1-3H3. The number of benzene rings is 1. The fourth-order valence-electron chi connectivity index (χ4n) is 3.10. The highest BCUT2D eigenvalue weighted by molar-refractivity contribution is 6.09. The van der Waals surface area contributed by atoms with Gasteiger partial charge in [0, 0.05) is 25.1 Å². The van der Waals surface area contributed by atoms with E-state index in [0.29, 0.717) is 12.1 Å². The summed E-state index contributed by atoms with van der Waals surface area (Å²) in [5, 5.41) is 21.2. The summed E-state index contributed by atoms with van der Waals surface area (Å²) in [6, 6.07) is 5.06. The highest BCUT2D eigenvalue weighted by Crippen LogP contribution is 2.39. The third kappa shape index (κ3) is 3.92. The molecule has 1 aromatic carbocycles. The number of nitrogens with zero attached hydrogens (tertiary/aromatic N) is 2. The SMILES string of the molecule is CCCCN1C(=O)C(O)=C(C(=O)CC(C)C)C1c1ccc([N+](=O)[O-])cc1. The van der Waals surface area contributed by atoms with E-state index in [-0.39, 0.29) is 29.4 Å². The fraction of sp³-hybridized carbons (Fsp3) is 0.474. The number of rotatable bonds is 8. The van der Waals surface area contributed by atoms with Crippen molar-refractivity contribution in [2.45, 2.75) is 46.1 Å². The first kappa shape index (κ1) is 19.6. The maximum absolute atomic E-state index is 12.7. The van der Waals surface area contributed by atoms with Crippen molar-refractivity contribution < 1.29 is 19.6 Å². The monoisotopic (exact) mass is 360 g/mol. The van der Waals surface area contributed by atoms with Crippen LogP contribution in [0, 0.1) is 16.0 Å². The molecule has 26 heavy (non-hydrogen) atoms. The third-order valence-corrected chi connectivity index (χ3v) is 4.37. The van der Waals surface area contributed by atoms with Crippen LogP contribution in [0.15, 0.2) is 35.6 Å². The number of aliphatic hydroxyl groups excluding tert-OH is 1. The van der Waals surface area contributed by atoms with Crippen LogP contribution in [0.25, 0.3) is 0 Å². The Morgan fingerprint density at radius 1 is 1.31 bits per heavy atom. The smallest absolute Gasteiger partial charge is 0.290 e. The summed E-state index contributed by atoms with van der Waals surface area (Å²) in [5.41, 5.74) is 0.603. The van der Waals surface area contributed by atoms with Crippen molar-refractivity contribution in [3.8, 4) is 0 Å². The van der Waals surface area contributed by atoms with Gasteiger partial charge >= 0.3 is 0 Å². The van der Waals surface area contributed by atoms with Gasteiger partial charge in [-0.25, -0.2) is 0 Å². The van der Waals surface area contributed by atoms with E-state index in [4.69, 9.17) is 0 Å². The molecule has 1 atom stereocenters. The number of Topliss-reactive ketones (excluding diaryl/α,β-unsaturated/α-hetero) is 1. The Kier molecular flexibility index (Phi) is 6.13. The quantitative estimate of drug-likeness (QED) is 0.562. The lowest BCUT2D eigenvalue weighted by atomic mass is 9.92. The number of nitro groups is 1. The van der Waals surface area contributed by atoms with Crippen molar-refractivity contribution in [1.82, 2.24) is 4.90 Å². The lowest BCUT2D eigenvalue weighted by Gasteiger charge is -2.27. The van der Waals surface area contributed by atoms with Crippen molar-refractivity contribution >= 4 is 17.4 Å². The van der Waals surface area contributed by atoms with Gasteiger partial charge in [-0.2, -0.15) is 0 Å². The first-order chi connectivity index (χ1) is 12.3. The van der Waals surface area contributed by atoms with Crippen molar-refractivity contribution in [2.75, 3.05) is 6.54 Å². The third-order valence-electron chi connectivity index (χ3n) is 4.37. The predicted molar refractivity (Wildman–Crippen MR) is 96.6 cm³/mol. The van der Waals surface area contributed by atoms with Crippen LogP contribution in [0.5, 0.6) is 0 Å². The second-order valence-electron chi connectivity index (χ2n) is 6.89. The molecule has 1 aromatic rings. The fourth-order valence-corrected chi connectivity index (χ4v) is 3.10. The van der Waals surface area contributed by atoms with Crippen molar-refractivity contribution in [1.29, 1.82) is 0 Å². The normalized spacial score (nSPS) is 17.3. The number of unbranched alkanes of at least 4 members (excludes halogenated alkanes) is 1. The lowest BCUT2D eigenvalue weighted by Crippen LogP contribution is -2.32. The van der Waals surface area contributed by atoms with E-state index in [9.17, 15) is 24.8 Å². The van der Waals surface area contributed by atoms with E-state index in [0.717, 1.165) is 12.8 Å². The topological polar surface area (TPSA) is 101 Å². The molecule has 0 aliphatic carbocycles. The highest BCUT2D eigenvalue weighted by Gasteiger charge is 2.43. The summed E-state index contributed by atoms with van der Waals surface area (Å²) in [5.74, 6) is -1.25. The second-order valence-corrected chi connectivity index (χ2v) is 6.89. The van der Waals surface area contributed by atoms with Gasteiger partial charge in [0.05, 0.1) is 16.5 Å². The number of aliphatic hydroxyl groups is 1. The Labute approximate surface area is 152 Å². The average molecular weight is 360 g/mol. The number of hydrogen-bond donors (Lipinski definition) is 1. The molecule has 0 radical (unpaired) electrons. The van der Waals surface area contributed by atoms with Gasteiger partial charge in [0.25, 0.3) is 11.6 Å². The molecule has 1 aliphatic heterocycles. The molecular weight excluding hydrogens is 336 g/mol. The number of ketones is 1. The molecular formula is C19H24N2O5. The minimum Gasteiger partial charge on any atom is -0.503 e. The molecule has 7 nitrogen and oxygen atoms in total. The van der Waals surface area contributed by atoms with Gasteiger partial charge in [-0.1, -0.05) is 27.2 Å². The Balaban J connectivity index is 2.47. The molecule has 1 aliphatic rings. The van der Waals surface area contributed by atoms with E-state index < -0.39 is 22.6 Å². The van der Waals surface area contributed by atoms with Crippen LogP contribution in [0.1, 0.15) is 51.6 Å². The second kappa shape index (κ2) is 8.12. The van der Waals surface area contributed by atoms with Crippen molar-refractivity contribution in [3.63, 3.8) is 0 Å². The van der Waals surface area contributed by atoms with E-state index in [1.165, 1.54) is 29.2 Å². The molecule has 1 amide bonds. The zero-order valence-electron chi connectivity index (χ0n) is 15.3. The van der Waals surface area contributed by atoms with Crippen LogP contribution >= 0.6 is 0 Å². The lowest BCUT2D eigenvalue weighted by molar-refractivity contribution is -0.384. The molecule has 1 N–H and O–H groups in total. The molecule has 7 heteroatoms. The number of amides is 1. The summed E-state index contributed by atoms with van der Waals surface area (Å²) in [6.45, 7) is 6.17. The zero-order chi connectivity index (χ0) is 19.4. The first-order valence-electron chi connectivity index (χ1n) is 8.79. The Bertz CT molecular complexity index is 737. The Morgan fingerprint density at radius 3 is 2.42 bits per heavy atom. The molecule has 1 heterocycles. The number of carbonyl (C=O) groups excluding carboxylic acids is 2. The van der Waals surface area contributed by atoms with Gasteiger partial charge in [-0.05, 0) is 30.0 Å². The number of non-ortho nitro benzene ring substituents is 1. The molecule has 0 spiro atoms. The summed E-state index contributed by atoms with van der Waals surface area (Å²) >= 11 is 0. The molecule has 2 rings (SSSR count). The summed E-state index contributed by atoms with van der Waals surface area (Å²) in [6.07, 6.45) is 1.80. The van der Waals surface area contributed by atoms with E-state index in [1.807, 2.05) is 20.8 Å². The van der Waals surface area contributed by atoms with Gasteiger partial charge in [-0.3, -0.25) is 19.7 Å². The van der Waals surface area contributed by atoms with Gasteiger partial charge in [0.2, 0.25) is 0 Å². The maximum Gasteiger partial charge on any atom is 0.290 e. The number of carbonyl (C=O) groups is 2. The number of hydrogen-bond acceptors (Lipinski definition) is 5. The Morgan fingerprint density at radius 2 is 1.92 bits per heavy atom. The zero-order valence-corrected chi connectivity index (χ0v) is 15.3.